The highest BCUT2D eigenvalue weighted by molar-refractivity contribution is 7.92. The molecule has 0 fully saturated rings. The lowest BCUT2D eigenvalue weighted by molar-refractivity contribution is -0.140. The Morgan fingerprint density at radius 1 is 1.09 bits per heavy atom. The summed E-state index contributed by atoms with van der Waals surface area (Å²) < 4.78 is 52.9. The molecule has 1 N–H and O–H groups in total. The Labute approximate surface area is 210 Å². The van der Waals surface area contributed by atoms with Crippen LogP contribution in [0.15, 0.2) is 42.5 Å². The summed E-state index contributed by atoms with van der Waals surface area (Å²) in [6, 6.07) is 8.43. The van der Waals surface area contributed by atoms with Gasteiger partial charge in [-0.15, -0.1) is 0 Å². The maximum atomic E-state index is 13.8. The first-order valence-corrected chi connectivity index (χ1v) is 13.3. The molecule has 1 atom stereocenters. The SMILES string of the molecule is CC[C@H](C(=O)NCC(C)C)N(Cc1ccccc1Cl)C(=O)CN(c1ccc(F)c(F)c1)S(C)(=O)=O. The molecule has 0 aliphatic rings. The van der Waals surface area contributed by atoms with Crippen LogP contribution in [0.1, 0.15) is 32.8 Å². The average Bonchev–Trinajstić information content (AvgIpc) is 2.78. The fourth-order valence-corrected chi connectivity index (χ4v) is 4.44. The van der Waals surface area contributed by atoms with E-state index >= 15 is 0 Å². The minimum Gasteiger partial charge on any atom is -0.354 e. The third-order valence-electron chi connectivity index (χ3n) is 5.24. The molecule has 0 radical (unpaired) electrons. The summed E-state index contributed by atoms with van der Waals surface area (Å²) in [6.07, 6.45) is 1.11. The van der Waals surface area contributed by atoms with E-state index in [4.69, 9.17) is 11.6 Å². The number of nitrogens with zero attached hydrogens (tertiary/aromatic N) is 2. The molecule has 0 aliphatic carbocycles. The van der Waals surface area contributed by atoms with Gasteiger partial charge in [-0.25, -0.2) is 17.2 Å². The standard InChI is InChI=1S/C24H30ClF2N3O4S/c1-5-22(24(32)28-13-16(2)3)29(14-17-8-6-7-9-19(17)25)23(31)15-30(35(4,33)34)18-10-11-20(26)21(27)12-18/h6-12,16,22H,5,13-15H2,1-4H3,(H,28,32)/t22-/m1/s1. The molecule has 0 heterocycles. The molecule has 0 spiro atoms. The highest BCUT2D eigenvalue weighted by atomic mass is 35.5. The van der Waals surface area contributed by atoms with Gasteiger partial charge in [0, 0.05) is 24.2 Å². The second kappa shape index (κ2) is 12.3. The molecule has 35 heavy (non-hydrogen) atoms. The molecular formula is C24H30ClF2N3O4S. The van der Waals surface area contributed by atoms with Crippen LogP contribution in [0.2, 0.25) is 5.02 Å². The molecule has 0 aromatic heterocycles. The third-order valence-corrected chi connectivity index (χ3v) is 6.75. The highest BCUT2D eigenvalue weighted by Gasteiger charge is 2.32. The van der Waals surface area contributed by atoms with Crippen molar-refractivity contribution in [3.8, 4) is 0 Å². The molecule has 11 heteroatoms. The smallest absolute Gasteiger partial charge is 0.244 e. The normalized spacial score (nSPS) is 12.3. The first-order valence-electron chi connectivity index (χ1n) is 11.1. The summed E-state index contributed by atoms with van der Waals surface area (Å²) in [5.41, 5.74) is 0.353. The molecule has 2 aromatic carbocycles. The van der Waals surface area contributed by atoms with E-state index < -0.39 is 40.2 Å². The molecule has 0 bridgehead atoms. The molecule has 2 rings (SSSR count). The van der Waals surface area contributed by atoms with Crippen LogP contribution in [0.3, 0.4) is 0 Å². The summed E-state index contributed by atoms with van der Waals surface area (Å²) in [5, 5.41) is 3.19. The summed E-state index contributed by atoms with van der Waals surface area (Å²) in [6.45, 7) is 5.22. The van der Waals surface area contributed by atoms with E-state index in [-0.39, 0.29) is 30.5 Å². The number of hydrogen-bond donors (Lipinski definition) is 1. The molecule has 192 valence electrons. The molecule has 0 aliphatic heterocycles. The number of nitrogens with one attached hydrogen (secondary N) is 1. The maximum absolute atomic E-state index is 13.8. The van der Waals surface area contributed by atoms with Crippen LogP contribution in [-0.2, 0) is 26.2 Å². The Balaban J connectivity index is 2.45. The largest absolute Gasteiger partial charge is 0.354 e. The number of anilines is 1. The zero-order chi connectivity index (χ0) is 26.3. The summed E-state index contributed by atoms with van der Waals surface area (Å²) >= 11 is 6.29. The van der Waals surface area contributed by atoms with Gasteiger partial charge in [0.1, 0.15) is 12.6 Å². The number of sulfonamides is 1. The lowest BCUT2D eigenvalue weighted by Crippen LogP contribution is -2.52. The van der Waals surface area contributed by atoms with E-state index in [2.05, 4.69) is 5.32 Å². The molecule has 0 saturated heterocycles. The predicted molar refractivity (Wildman–Crippen MR) is 132 cm³/mol. The van der Waals surface area contributed by atoms with Crippen LogP contribution in [0.25, 0.3) is 0 Å². The lowest BCUT2D eigenvalue weighted by atomic mass is 10.1. The van der Waals surface area contributed by atoms with Crippen molar-refractivity contribution in [1.82, 2.24) is 10.2 Å². The fraction of sp³-hybridized carbons (Fsp3) is 0.417. The van der Waals surface area contributed by atoms with Crippen molar-refractivity contribution in [2.45, 2.75) is 39.8 Å². The lowest BCUT2D eigenvalue weighted by Gasteiger charge is -2.33. The van der Waals surface area contributed by atoms with Gasteiger partial charge in [0.2, 0.25) is 21.8 Å². The Morgan fingerprint density at radius 3 is 2.29 bits per heavy atom. The van der Waals surface area contributed by atoms with Crippen LogP contribution in [0.5, 0.6) is 0 Å². The van der Waals surface area contributed by atoms with Crippen LogP contribution >= 0.6 is 11.6 Å². The number of halogens is 3. The Hall–Kier alpha value is -2.72. The first kappa shape index (κ1) is 28.5. The summed E-state index contributed by atoms with van der Waals surface area (Å²) in [7, 11) is -4.06. The molecular weight excluding hydrogens is 500 g/mol. The van der Waals surface area contributed by atoms with E-state index in [0.29, 0.717) is 27.5 Å². The van der Waals surface area contributed by atoms with Crippen molar-refractivity contribution in [3.63, 3.8) is 0 Å². The third kappa shape index (κ3) is 7.90. The highest BCUT2D eigenvalue weighted by Crippen LogP contribution is 2.23. The number of hydrogen-bond acceptors (Lipinski definition) is 4. The van der Waals surface area contributed by atoms with Crippen molar-refractivity contribution in [2.24, 2.45) is 5.92 Å². The van der Waals surface area contributed by atoms with Gasteiger partial charge in [0.05, 0.1) is 11.9 Å². The zero-order valence-corrected chi connectivity index (χ0v) is 21.7. The van der Waals surface area contributed by atoms with Crippen molar-refractivity contribution in [2.75, 3.05) is 23.7 Å². The molecule has 7 nitrogen and oxygen atoms in total. The van der Waals surface area contributed by atoms with Gasteiger partial charge in [-0.2, -0.15) is 0 Å². The van der Waals surface area contributed by atoms with E-state index in [1.165, 1.54) is 4.90 Å². The first-order chi connectivity index (χ1) is 16.3. The average molecular weight is 530 g/mol. The van der Waals surface area contributed by atoms with Gasteiger partial charge in [-0.3, -0.25) is 13.9 Å². The predicted octanol–water partition coefficient (Wildman–Crippen LogP) is 3.96. The van der Waals surface area contributed by atoms with E-state index in [0.717, 1.165) is 18.4 Å². The van der Waals surface area contributed by atoms with E-state index in [1.54, 1.807) is 31.2 Å². The molecule has 0 unspecified atom stereocenters. The zero-order valence-electron chi connectivity index (χ0n) is 20.1. The van der Waals surface area contributed by atoms with Gasteiger partial charge < -0.3 is 10.2 Å². The van der Waals surface area contributed by atoms with Gasteiger partial charge in [0.15, 0.2) is 11.6 Å². The molecule has 2 amide bonds. The van der Waals surface area contributed by atoms with E-state index in [1.807, 2.05) is 13.8 Å². The van der Waals surface area contributed by atoms with Crippen molar-refractivity contribution in [1.29, 1.82) is 0 Å². The number of carbonyl (C=O) groups is 2. The van der Waals surface area contributed by atoms with Crippen molar-refractivity contribution in [3.05, 3.63) is 64.7 Å². The Morgan fingerprint density at radius 2 is 1.74 bits per heavy atom. The van der Waals surface area contributed by atoms with Crippen LogP contribution in [0.4, 0.5) is 14.5 Å². The van der Waals surface area contributed by atoms with Gasteiger partial charge in [-0.1, -0.05) is 50.6 Å². The number of amides is 2. The second-order valence-corrected chi connectivity index (χ2v) is 10.9. The minimum atomic E-state index is -4.06. The fourth-order valence-electron chi connectivity index (χ4n) is 3.41. The van der Waals surface area contributed by atoms with Gasteiger partial charge in [0.25, 0.3) is 0 Å². The van der Waals surface area contributed by atoms with Crippen molar-refractivity contribution >= 4 is 39.1 Å². The topological polar surface area (TPSA) is 86.8 Å². The monoisotopic (exact) mass is 529 g/mol. The van der Waals surface area contributed by atoms with Gasteiger partial charge >= 0.3 is 0 Å². The second-order valence-electron chi connectivity index (χ2n) is 8.54. The quantitative estimate of drug-likeness (QED) is 0.477. The Kier molecular flexibility index (Phi) is 10.0. The van der Waals surface area contributed by atoms with Gasteiger partial charge in [-0.05, 0) is 36.1 Å². The van der Waals surface area contributed by atoms with Crippen LogP contribution in [-0.4, -0.2) is 50.5 Å². The summed E-state index contributed by atoms with van der Waals surface area (Å²) in [4.78, 5) is 27.7. The van der Waals surface area contributed by atoms with Crippen LogP contribution < -0.4 is 9.62 Å². The molecule has 0 saturated carbocycles. The maximum Gasteiger partial charge on any atom is 0.244 e. The molecule has 2 aromatic rings. The Bertz CT molecular complexity index is 1160. The van der Waals surface area contributed by atoms with Crippen LogP contribution in [0, 0.1) is 17.6 Å². The number of carbonyl (C=O) groups excluding carboxylic acids is 2. The minimum absolute atomic E-state index is 0.0541. The van der Waals surface area contributed by atoms with E-state index in [9.17, 15) is 26.8 Å². The van der Waals surface area contributed by atoms with Crippen molar-refractivity contribution < 1.29 is 26.8 Å². The summed E-state index contributed by atoms with van der Waals surface area (Å²) in [5.74, 6) is -3.32. The number of rotatable bonds is 11. The number of benzene rings is 2.